The zero-order valence-corrected chi connectivity index (χ0v) is 10.1. The summed E-state index contributed by atoms with van der Waals surface area (Å²) in [6.45, 7) is 3.18. The monoisotopic (exact) mass is 211 g/mol. The molecule has 0 saturated carbocycles. The molecule has 1 saturated heterocycles. The van der Waals surface area contributed by atoms with E-state index in [1.165, 1.54) is 51.4 Å². The van der Waals surface area contributed by atoms with Crippen LogP contribution in [0.3, 0.4) is 0 Å². The number of carbonyl (C=O) groups is 1. The van der Waals surface area contributed by atoms with Crippen molar-refractivity contribution in [3.63, 3.8) is 0 Å². The number of hydrogen-bond donors (Lipinski definition) is 1. The average molecular weight is 211 g/mol. The van der Waals surface area contributed by atoms with Crippen molar-refractivity contribution in [2.45, 2.75) is 64.7 Å². The number of amides is 1. The van der Waals surface area contributed by atoms with Crippen molar-refractivity contribution in [1.82, 2.24) is 5.32 Å². The first-order valence-corrected chi connectivity index (χ1v) is 6.59. The Morgan fingerprint density at radius 1 is 1.13 bits per heavy atom. The van der Waals surface area contributed by atoms with Gasteiger partial charge in [0.25, 0.3) is 0 Å². The van der Waals surface area contributed by atoms with Crippen molar-refractivity contribution in [3.8, 4) is 0 Å². The molecule has 0 aromatic rings. The molecule has 2 heteroatoms. The molecule has 1 atom stereocenters. The standard InChI is InChI=1S/C13H25NO/c1-2-3-4-5-6-7-8-9-12-10-13(15)14-11-12/h12H,2-11H2,1H3,(H,14,15). The molecule has 0 aromatic carbocycles. The number of carbonyl (C=O) groups excluding carboxylic acids is 1. The van der Waals surface area contributed by atoms with Crippen LogP contribution in [0.2, 0.25) is 0 Å². The summed E-state index contributed by atoms with van der Waals surface area (Å²) in [4.78, 5) is 10.9. The summed E-state index contributed by atoms with van der Waals surface area (Å²) in [5, 5.41) is 2.90. The van der Waals surface area contributed by atoms with Gasteiger partial charge in [0.2, 0.25) is 5.91 Å². The smallest absolute Gasteiger partial charge is 0.220 e. The molecule has 1 N–H and O–H groups in total. The van der Waals surface area contributed by atoms with Gasteiger partial charge < -0.3 is 5.32 Å². The van der Waals surface area contributed by atoms with Gasteiger partial charge in [-0.15, -0.1) is 0 Å². The lowest BCUT2D eigenvalue weighted by atomic mass is 9.99. The van der Waals surface area contributed by atoms with Gasteiger partial charge in [0, 0.05) is 13.0 Å². The van der Waals surface area contributed by atoms with E-state index >= 15 is 0 Å². The van der Waals surface area contributed by atoms with Gasteiger partial charge in [-0.2, -0.15) is 0 Å². The lowest BCUT2D eigenvalue weighted by Crippen LogP contribution is -2.13. The average Bonchev–Trinajstić information content (AvgIpc) is 2.63. The fraction of sp³-hybridized carbons (Fsp3) is 0.923. The van der Waals surface area contributed by atoms with Gasteiger partial charge in [0.1, 0.15) is 0 Å². The van der Waals surface area contributed by atoms with Crippen molar-refractivity contribution in [1.29, 1.82) is 0 Å². The van der Waals surface area contributed by atoms with Gasteiger partial charge in [-0.25, -0.2) is 0 Å². The molecule has 1 fully saturated rings. The van der Waals surface area contributed by atoms with E-state index in [4.69, 9.17) is 0 Å². The maximum absolute atomic E-state index is 10.9. The van der Waals surface area contributed by atoms with E-state index in [1.807, 2.05) is 0 Å². The predicted molar refractivity (Wildman–Crippen MR) is 63.7 cm³/mol. The Kier molecular flexibility index (Phi) is 6.45. The summed E-state index contributed by atoms with van der Waals surface area (Å²) >= 11 is 0. The second-order valence-corrected chi connectivity index (χ2v) is 4.78. The Morgan fingerprint density at radius 2 is 1.80 bits per heavy atom. The third-order valence-corrected chi connectivity index (χ3v) is 3.28. The van der Waals surface area contributed by atoms with Gasteiger partial charge in [0.15, 0.2) is 0 Å². The van der Waals surface area contributed by atoms with Crippen LogP contribution in [0.1, 0.15) is 64.7 Å². The van der Waals surface area contributed by atoms with Crippen LogP contribution in [0.15, 0.2) is 0 Å². The van der Waals surface area contributed by atoms with Crippen molar-refractivity contribution in [3.05, 3.63) is 0 Å². The quantitative estimate of drug-likeness (QED) is 0.613. The first kappa shape index (κ1) is 12.5. The van der Waals surface area contributed by atoms with E-state index in [1.54, 1.807) is 0 Å². The van der Waals surface area contributed by atoms with E-state index < -0.39 is 0 Å². The Morgan fingerprint density at radius 3 is 2.40 bits per heavy atom. The Hall–Kier alpha value is -0.530. The van der Waals surface area contributed by atoms with Gasteiger partial charge in [0.05, 0.1) is 0 Å². The lowest BCUT2D eigenvalue weighted by Gasteiger charge is -2.06. The van der Waals surface area contributed by atoms with E-state index in [2.05, 4.69) is 12.2 Å². The molecule has 0 radical (unpaired) electrons. The normalized spacial score (nSPS) is 20.6. The largest absolute Gasteiger partial charge is 0.356 e. The first-order chi connectivity index (χ1) is 7.33. The zero-order valence-electron chi connectivity index (χ0n) is 10.1. The number of unbranched alkanes of at least 4 members (excludes halogenated alkanes) is 6. The first-order valence-electron chi connectivity index (χ1n) is 6.59. The molecule has 1 aliphatic rings. The molecule has 1 unspecified atom stereocenters. The molecule has 1 aliphatic heterocycles. The van der Waals surface area contributed by atoms with Crippen LogP contribution in [-0.4, -0.2) is 12.5 Å². The summed E-state index contributed by atoms with van der Waals surface area (Å²) in [7, 11) is 0. The predicted octanol–water partition coefficient (Wildman–Crippen LogP) is 3.26. The molecule has 0 aromatic heterocycles. The minimum absolute atomic E-state index is 0.253. The highest BCUT2D eigenvalue weighted by Gasteiger charge is 2.20. The molecular formula is C13H25NO. The molecule has 1 amide bonds. The van der Waals surface area contributed by atoms with E-state index in [0.717, 1.165) is 13.0 Å². The topological polar surface area (TPSA) is 29.1 Å². The highest BCUT2D eigenvalue weighted by atomic mass is 16.1. The second kappa shape index (κ2) is 7.72. The van der Waals surface area contributed by atoms with E-state index in [-0.39, 0.29) is 5.91 Å². The summed E-state index contributed by atoms with van der Waals surface area (Å²) in [6, 6.07) is 0. The zero-order chi connectivity index (χ0) is 10.9. The van der Waals surface area contributed by atoms with Crippen molar-refractivity contribution < 1.29 is 4.79 Å². The molecule has 15 heavy (non-hydrogen) atoms. The maximum Gasteiger partial charge on any atom is 0.220 e. The summed E-state index contributed by atoms with van der Waals surface area (Å²) in [5.41, 5.74) is 0. The number of rotatable bonds is 8. The molecule has 0 bridgehead atoms. The Labute approximate surface area is 93.8 Å². The molecule has 1 heterocycles. The minimum atomic E-state index is 0.253. The third kappa shape index (κ3) is 5.81. The van der Waals surface area contributed by atoms with Crippen LogP contribution in [0, 0.1) is 5.92 Å². The fourth-order valence-electron chi connectivity index (χ4n) is 2.26. The molecular weight excluding hydrogens is 186 g/mol. The molecule has 0 aliphatic carbocycles. The second-order valence-electron chi connectivity index (χ2n) is 4.78. The highest BCUT2D eigenvalue weighted by Crippen LogP contribution is 2.18. The SMILES string of the molecule is CCCCCCCCCC1CNC(=O)C1. The highest BCUT2D eigenvalue weighted by molar-refractivity contribution is 5.78. The Balaban J connectivity index is 1.83. The van der Waals surface area contributed by atoms with Crippen molar-refractivity contribution in [2.24, 2.45) is 5.92 Å². The summed E-state index contributed by atoms with van der Waals surface area (Å²) in [5.74, 6) is 0.885. The van der Waals surface area contributed by atoms with Gasteiger partial charge in [-0.05, 0) is 12.3 Å². The number of nitrogens with one attached hydrogen (secondary N) is 1. The molecule has 0 spiro atoms. The van der Waals surface area contributed by atoms with Crippen LogP contribution in [0.5, 0.6) is 0 Å². The van der Waals surface area contributed by atoms with Crippen LogP contribution >= 0.6 is 0 Å². The number of hydrogen-bond acceptors (Lipinski definition) is 1. The van der Waals surface area contributed by atoms with Crippen LogP contribution in [-0.2, 0) is 4.79 Å². The van der Waals surface area contributed by atoms with Gasteiger partial charge in [-0.1, -0.05) is 51.9 Å². The molecule has 1 rings (SSSR count). The molecule has 88 valence electrons. The fourth-order valence-corrected chi connectivity index (χ4v) is 2.26. The lowest BCUT2D eigenvalue weighted by molar-refractivity contribution is -0.119. The van der Waals surface area contributed by atoms with Crippen LogP contribution < -0.4 is 5.32 Å². The molecule has 2 nitrogen and oxygen atoms in total. The van der Waals surface area contributed by atoms with Crippen LogP contribution in [0.4, 0.5) is 0 Å². The van der Waals surface area contributed by atoms with Gasteiger partial charge >= 0.3 is 0 Å². The van der Waals surface area contributed by atoms with E-state index in [9.17, 15) is 4.79 Å². The van der Waals surface area contributed by atoms with Crippen LogP contribution in [0.25, 0.3) is 0 Å². The maximum atomic E-state index is 10.9. The Bertz CT molecular complexity index is 179. The summed E-state index contributed by atoms with van der Waals surface area (Å²) < 4.78 is 0. The minimum Gasteiger partial charge on any atom is -0.356 e. The summed E-state index contributed by atoms with van der Waals surface area (Å²) in [6.07, 6.45) is 11.6. The van der Waals surface area contributed by atoms with Gasteiger partial charge in [-0.3, -0.25) is 4.79 Å². The van der Waals surface area contributed by atoms with Crippen molar-refractivity contribution in [2.75, 3.05) is 6.54 Å². The van der Waals surface area contributed by atoms with Crippen molar-refractivity contribution >= 4 is 5.91 Å². The third-order valence-electron chi connectivity index (χ3n) is 3.28. The van der Waals surface area contributed by atoms with E-state index in [0.29, 0.717) is 5.92 Å².